The van der Waals surface area contributed by atoms with Crippen molar-refractivity contribution in [2.24, 2.45) is 7.05 Å². The van der Waals surface area contributed by atoms with Crippen molar-refractivity contribution in [3.63, 3.8) is 0 Å². The molecular weight excluding hydrogens is 344 g/mol. The number of ether oxygens (including phenoxy) is 2. The van der Waals surface area contributed by atoms with Crippen LogP contribution in [0.15, 0.2) is 24.3 Å². The van der Waals surface area contributed by atoms with Gasteiger partial charge < -0.3 is 14.8 Å². The quantitative estimate of drug-likeness (QED) is 0.770. The van der Waals surface area contributed by atoms with Crippen molar-refractivity contribution in [3.8, 4) is 11.5 Å². The molecule has 1 N–H and O–H groups in total. The van der Waals surface area contributed by atoms with Crippen LogP contribution in [0.2, 0.25) is 0 Å². The van der Waals surface area contributed by atoms with E-state index in [9.17, 15) is 4.79 Å². The second-order valence-corrected chi connectivity index (χ2v) is 7.15. The number of hydrogen-bond acceptors (Lipinski definition) is 5. The van der Waals surface area contributed by atoms with Crippen molar-refractivity contribution in [3.05, 3.63) is 46.8 Å². The van der Waals surface area contributed by atoms with Gasteiger partial charge in [0.2, 0.25) is 6.79 Å². The van der Waals surface area contributed by atoms with Crippen LogP contribution in [-0.2, 0) is 13.6 Å². The summed E-state index contributed by atoms with van der Waals surface area (Å²) < 4.78 is 12.5. The second kappa shape index (κ2) is 5.97. The molecule has 3 aromatic rings. The molecule has 1 aliphatic carbocycles. The Morgan fingerprint density at radius 2 is 2.07 bits per heavy atom. The Kier molecular flexibility index (Phi) is 3.56. The summed E-state index contributed by atoms with van der Waals surface area (Å²) in [5.41, 5.74) is 4.18. The van der Waals surface area contributed by atoms with Gasteiger partial charge in [-0.05, 0) is 43.5 Å². The average Bonchev–Trinajstić information content (AvgIpc) is 3.35. The van der Waals surface area contributed by atoms with Gasteiger partial charge in [0.05, 0.1) is 16.6 Å². The first-order valence-corrected chi connectivity index (χ1v) is 9.11. The van der Waals surface area contributed by atoms with Gasteiger partial charge in [0, 0.05) is 25.2 Å². The zero-order chi connectivity index (χ0) is 18.5. The molecule has 3 heterocycles. The number of pyridine rings is 1. The fourth-order valence-electron chi connectivity index (χ4n) is 3.56. The summed E-state index contributed by atoms with van der Waals surface area (Å²) in [5, 5.41) is 8.30. The molecule has 0 bridgehead atoms. The lowest BCUT2D eigenvalue weighted by atomic mass is 10.1. The topological polar surface area (TPSA) is 78.3 Å². The largest absolute Gasteiger partial charge is 0.454 e. The minimum atomic E-state index is -0.113. The number of aromatic nitrogens is 3. The van der Waals surface area contributed by atoms with Crippen LogP contribution >= 0.6 is 0 Å². The van der Waals surface area contributed by atoms with E-state index in [-0.39, 0.29) is 12.7 Å². The maximum atomic E-state index is 13.0. The van der Waals surface area contributed by atoms with Gasteiger partial charge in [-0.3, -0.25) is 9.48 Å². The Morgan fingerprint density at radius 1 is 1.26 bits per heavy atom. The predicted octanol–water partition coefficient (Wildman–Crippen LogP) is 2.81. The number of rotatable bonds is 4. The molecule has 27 heavy (non-hydrogen) atoms. The number of nitrogens with one attached hydrogen (secondary N) is 1. The van der Waals surface area contributed by atoms with E-state index in [1.165, 1.54) is 0 Å². The van der Waals surface area contributed by atoms with Crippen LogP contribution in [0.5, 0.6) is 11.5 Å². The zero-order valence-electron chi connectivity index (χ0n) is 15.3. The number of carbonyl (C=O) groups is 1. The normalized spacial score (nSPS) is 15.3. The van der Waals surface area contributed by atoms with Gasteiger partial charge in [0.25, 0.3) is 5.91 Å². The van der Waals surface area contributed by atoms with E-state index in [0.717, 1.165) is 46.6 Å². The van der Waals surface area contributed by atoms with Gasteiger partial charge in [-0.1, -0.05) is 6.07 Å². The number of amides is 1. The van der Waals surface area contributed by atoms with Gasteiger partial charge in [-0.25, -0.2) is 4.98 Å². The van der Waals surface area contributed by atoms with Gasteiger partial charge in [0.1, 0.15) is 0 Å². The lowest BCUT2D eigenvalue weighted by molar-refractivity contribution is 0.0952. The van der Waals surface area contributed by atoms with Gasteiger partial charge in [-0.2, -0.15) is 5.10 Å². The third-order valence-electron chi connectivity index (χ3n) is 5.12. The first-order chi connectivity index (χ1) is 13.1. The van der Waals surface area contributed by atoms with Gasteiger partial charge in [0.15, 0.2) is 17.1 Å². The number of nitrogens with zero attached hydrogens (tertiary/aromatic N) is 3. The third-order valence-corrected chi connectivity index (χ3v) is 5.12. The number of fused-ring (bicyclic) bond motifs is 2. The monoisotopic (exact) mass is 364 g/mol. The van der Waals surface area contributed by atoms with Crippen molar-refractivity contribution in [1.29, 1.82) is 0 Å². The van der Waals surface area contributed by atoms with Crippen molar-refractivity contribution in [1.82, 2.24) is 20.1 Å². The molecular formula is C20H20N4O3. The van der Waals surface area contributed by atoms with E-state index in [1.54, 1.807) is 4.68 Å². The first-order valence-electron chi connectivity index (χ1n) is 9.11. The molecule has 5 rings (SSSR count). The highest BCUT2D eigenvalue weighted by Crippen LogP contribution is 2.40. The van der Waals surface area contributed by atoms with E-state index in [4.69, 9.17) is 14.5 Å². The number of carbonyl (C=O) groups excluding carboxylic acids is 1. The third kappa shape index (κ3) is 2.79. The molecule has 2 aromatic heterocycles. The maximum absolute atomic E-state index is 13.0. The Morgan fingerprint density at radius 3 is 2.89 bits per heavy atom. The number of aryl methyl sites for hydroxylation is 2. The molecule has 0 saturated heterocycles. The molecule has 1 fully saturated rings. The smallest absolute Gasteiger partial charge is 0.252 e. The standard InChI is InChI=1S/C20H20N4O3/c1-11-18-14(8-15(13-4-5-13)22-19(18)24(2)23-11)20(25)21-9-12-3-6-16-17(7-12)27-10-26-16/h3,6-8,13H,4-5,9-10H2,1-2H3,(H,21,25). The summed E-state index contributed by atoms with van der Waals surface area (Å²) in [6.07, 6.45) is 2.27. The van der Waals surface area contributed by atoms with Crippen LogP contribution < -0.4 is 14.8 Å². The predicted molar refractivity (Wildman–Crippen MR) is 99.0 cm³/mol. The second-order valence-electron chi connectivity index (χ2n) is 7.15. The van der Waals surface area contributed by atoms with Gasteiger partial charge >= 0.3 is 0 Å². The highest BCUT2D eigenvalue weighted by atomic mass is 16.7. The molecule has 0 unspecified atom stereocenters. The molecule has 0 radical (unpaired) electrons. The Labute approximate surface area is 156 Å². The lowest BCUT2D eigenvalue weighted by Gasteiger charge is -2.09. The number of hydrogen-bond donors (Lipinski definition) is 1. The Hall–Kier alpha value is -3.09. The van der Waals surface area contributed by atoms with E-state index < -0.39 is 0 Å². The highest BCUT2D eigenvalue weighted by Gasteiger charge is 2.28. The fraction of sp³-hybridized carbons (Fsp3) is 0.350. The molecule has 7 heteroatoms. The maximum Gasteiger partial charge on any atom is 0.252 e. The molecule has 2 aliphatic rings. The molecule has 1 amide bonds. The minimum Gasteiger partial charge on any atom is -0.454 e. The average molecular weight is 364 g/mol. The van der Waals surface area contributed by atoms with E-state index in [2.05, 4.69) is 10.4 Å². The summed E-state index contributed by atoms with van der Waals surface area (Å²) in [6, 6.07) is 7.63. The molecule has 138 valence electrons. The van der Waals surface area contributed by atoms with Crippen LogP contribution in [-0.4, -0.2) is 27.5 Å². The van der Waals surface area contributed by atoms with Crippen LogP contribution in [0.3, 0.4) is 0 Å². The Balaban J connectivity index is 1.44. The molecule has 0 atom stereocenters. The SMILES string of the molecule is Cc1nn(C)c2nc(C3CC3)cc(C(=O)NCc3ccc4c(c3)OCO4)c12. The number of benzene rings is 1. The lowest BCUT2D eigenvalue weighted by Crippen LogP contribution is -2.23. The minimum absolute atomic E-state index is 0.113. The Bertz CT molecular complexity index is 1070. The van der Waals surface area contributed by atoms with Crippen LogP contribution in [0.1, 0.15) is 46.1 Å². The van der Waals surface area contributed by atoms with Crippen LogP contribution in [0, 0.1) is 6.92 Å². The van der Waals surface area contributed by atoms with Crippen molar-refractivity contribution < 1.29 is 14.3 Å². The van der Waals surface area contributed by atoms with E-state index in [1.807, 2.05) is 38.2 Å². The summed E-state index contributed by atoms with van der Waals surface area (Å²) >= 11 is 0. The summed E-state index contributed by atoms with van der Waals surface area (Å²) in [6.45, 7) is 2.57. The molecule has 7 nitrogen and oxygen atoms in total. The molecule has 0 spiro atoms. The molecule has 1 aromatic carbocycles. The van der Waals surface area contributed by atoms with Crippen molar-refractivity contribution >= 4 is 16.9 Å². The van der Waals surface area contributed by atoms with E-state index >= 15 is 0 Å². The first kappa shape index (κ1) is 16.1. The highest BCUT2D eigenvalue weighted by molar-refractivity contribution is 6.06. The molecule has 1 aliphatic heterocycles. The van der Waals surface area contributed by atoms with E-state index in [0.29, 0.717) is 23.8 Å². The van der Waals surface area contributed by atoms with Gasteiger partial charge in [-0.15, -0.1) is 0 Å². The summed E-state index contributed by atoms with van der Waals surface area (Å²) in [5.74, 6) is 1.80. The van der Waals surface area contributed by atoms with Crippen LogP contribution in [0.4, 0.5) is 0 Å². The van der Waals surface area contributed by atoms with Crippen LogP contribution in [0.25, 0.3) is 11.0 Å². The van der Waals surface area contributed by atoms with Crippen molar-refractivity contribution in [2.45, 2.75) is 32.2 Å². The zero-order valence-corrected chi connectivity index (χ0v) is 15.3. The van der Waals surface area contributed by atoms with Crippen molar-refractivity contribution in [2.75, 3.05) is 6.79 Å². The summed E-state index contributed by atoms with van der Waals surface area (Å²) in [7, 11) is 1.87. The summed E-state index contributed by atoms with van der Waals surface area (Å²) in [4.78, 5) is 17.7. The molecule has 1 saturated carbocycles. The fourth-order valence-corrected chi connectivity index (χ4v) is 3.56.